The van der Waals surface area contributed by atoms with Crippen molar-refractivity contribution in [2.75, 3.05) is 20.1 Å². The zero-order valence-electron chi connectivity index (χ0n) is 12.0. The molecule has 21 heavy (non-hydrogen) atoms. The fourth-order valence-electron chi connectivity index (χ4n) is 1.63. The van der Waals surface area contributed by atoms with Crippen molar-refractivity contribution in [2.45, 2.75) is 24.1 Å². The lowest BCUT2D eigenvalue weighted by molar-refractivity contribution is -0.145. The van der Waals surface area contributed by atoms with Gasteiger partial charge in [-0.05, 0) is 25.3 Å². The van der Waals surface area contributed by atoms with E-state index in [1.54, 1.807) is 25.3 Å². The largest absolute Gasteiger partial charge is 0.480 e. The summed E-state index contributed by atoms with van der Waals surface area (Å²) in [5.74, 6) is -1.68. The molecule has 0 aliphatic carbocycles. The standard InChI is InChI=1S/C12H18N2O5S2/c1-9(2)14(8-11(16)17)10(15)7-13(3)21(18,19)12-5-4-6-20-12/h4-6,9H,7-8H2,1-3H3,(H,16,17). The smallest absolute Gasteiger partial charge is 0.323 e. The topological polar surface area (TPSA) is 95.0 Å². The molecule has 1 rings (SSSR count). The summed E-state index contributed by atoms with van der Waals surface area (Å²) in [5, 5.41) is 10.4. The number of carbonyl (C=O) groups is 2. The molecule has 0 saturated carbocycles. The van der Waals surface area contributed by atoms with Crippen LogP contribution in [-0.2, 0) is 19.6 Å². The Bertz CT molecular complexity index is 595. The molecule has 1 N–H and O–H groups in total. The summed E-state index contributed by atoms with van der Waals surface area (Å²) >= 11 is 1.06. The van der Waals surface area contributed by atoms with Gasteiger partial charge in [0.2, 0.25) is 5.91 Å². The number of aliphatic carboxylic acids is 1. The van der Waals surface area contributed by atoms with Crippen LogP contribution in [0.3, 0.4) is 0 Å². The summed E-state index contributed by atoms with van der Waals surface area (Å²) < 4.78 is 25.5. The first kappa shape index (κ1) is 17.6. The van der Waals surface area contributed by atoms with Crippen molar-refractivity contribution < 1.29 is 23.1 Å². The molecular formula is C12H18N2O5S2. The monoisotopic (exact) mass is 334 g/mol. The summed E-state index contributed by atoms with van der Waals surface area (Å²) in [4.78, 5) is 24.0. The van der Waals surface area contributed by atoms with E-state index >= 15 is 0 Å². The summed E-state index contributed by atoms with van der Waals surface area (Å²) in [5.41, 5.74) is 0. The Kier molecular flexibility index (Phi) is 5.87. The molecule has 1 heterocycles. The van der Waals surface area contributed by atoms with E-state index in [2.05, 4.69) is 0 Å². The highest BCUT2D eigenvalue weighted by atomic mass is 32.2. The first-order valence-corrected chi connectivity index (χ1v) is 8.49. The van der Waals surface area contributed by atoms with Gasteiger partial charge in [-0.2, -0.15) is 4.31 Å². The third-order valence-electron chi connectivity index (χ3n) is 2.77. The highest BCUT2D eigenvalue weighted by Crippen LogP contribution is 2.19. The van der Waals surface area contributed by atoms with E-state index in [1.165, 1.54) is 13.1 Å². The summed E-state index contributed by atoms with van der Waals surface area (Å²) in [7, 11) is -2.42. The van der Waals surface area contributed by atoms with Gasteiger partial charge in [0.05, 0.1) is 6.54 Å². The van der Waals surface area contributed by atoms with Crippen molar-refractivity contribution in [1.29, 1.82) is 0 Å². The van der Waals surface area contributed by atoms with Gasteiger partial charge in [0.25, 0.3) is 10.0 Å². The van der Waals surface area contributed by atoms with E-state index in [4.69, 9.17) is 5.11 Å². The van der Waals surface area contributed by atoms with Crippen molar-refractivity contribution in [1.82, 2.24) is 9.21 Å². The Morgan fingerprint density at radius 2 is 1.95 bits per heavy atom. The molecule has 0 fully saturated rings. The number of rotatable bonds is 7. The van der Waals surface area contributed by atoms with E-state index < -0.39 is 35.0 Å². The minimum atomic E-state index is -3.72. The van der Waals surface area contributed by atoms with E-state index in [-0.39, 0.29) is 10.3 Å². The van der Waals surface area contributed by atoms with Crippen molar-refractivity contribution in [3.8, 4) is 0 Å². The van der Waals surface area contributed by atoms with Gasteiger partial charge in [-0.15, -0.1) is 11.3 Å². The van der Waals surface area contributed by atoms with Gasteiger partial charge in [-0.25, -0.2) is 8.42 Å². The zero-order valence-corrected chi connectivity index (χ0v) is 13.6. The molecule has 0 radical (unpaired) electrons. The number of carbonyl (C=O) groups excluding carboxylic acids is 1. The number of carboxylic acid groups (broad SMARTS) is 1. The van der Waals surface area contributed by atoms with Crippen molar-refractivity contribution in [3.05, 3.63) is 17.5 Å². The Labute approximate surface area is 127 Å². The third-order valence-corrected chi connectivity index (χ3v) is 5.94. The van der Waals surface area contributed by atoms with Crippen LogP contribution in [0.1, 0.15) is 13.8 Å². The normalized spacial score (nSPS) is 11.9. The zero-order chi connectivity index (χ0) is 16.2. The van der Waals surface area contributed by atoms with Crippen molar-refractivity contribution >= 4 is 33.2 Å². The van der Waals surface area contributed by atoms with Crippen molar-refractivity contribution in [3.63, 3.8) is 0 Å². The quantitative estimate of drug-likeness (QED) is 0.791. The molecule has 9 heteroatoms. The average Bonchev–Trinajstić information content (AvgIpc) is 2.89. The molecule has 1 aromatic heterocycles. The minimum Gasteiger partial charge on any atom is -0.480 e. The second-order valence-corrected chi connectivity index (χ2v) is 7.92. The lowest BCUT2D eigenvalue weighted by atomic mass is 10.3. The Morgan fingerprint density at radius 3 is 2.38 bits per heavy atom. The van der Waals surface area contributed by atoms with Crippen molar-refractivity contribution in [2.24, 2.45) is 0 Å². The lowest BCUT2D eigenvalue weighted by Crippen LogP contribution is -2.46. The highest BCUT2D eigenvalue weighted by Gasteiger charge is 2.27. The van der Waals surface area contributed by atoms with Crippen LogP contribution in [-0.4, -0.2) is 60.8 Å². The van der Waals surface area contributed by atoms with Crippen LogP contribution >= 0.6 is 11.3 Å². The van der Waals surface area contributed by atoms with Gasteiger partial charge in [0, 0.05) is 13.1 Å². The van der Waals surface area contributed by atoms with Gasteiger partial charge in [-0.3, -0.25) is 9.59 Å². The second kappa shape index (κ2) is 7.01. The molecule has 0 atom stereocenters. The van der Waals surface area contributed by atoms with Crippen LogP contribution in [0, 0.1) is 0 Å². The third kappa shape index (κ3) is 4.51. The summed E-state index contributed by atoms with van der Waals surface area (Å²) in [6.07, 6.45) is 0. The van der Waals surface area contributed by atoms with Gasteiger partial charge in [-0.1, -0.05) is 6.07 Å². The SMILES string of the molecule is CC(C)N(CC(=O)O)C(=O)CN(C)S(=O)(=O)c1cccs1. The maximum absolute atomic E-state index is 12.2. The van der Waals surface area contributed by atoms with E-state index in [1.807, 2.05) is 0 Å². The molecule has 0 aromatic carbocycles. The number of amides is 1. The van der Waals surface area contributed by atoms with Crippen LogP contribution in [0.2, 0.25) is 0 Å². The number of hydrogen-bond donors (Lipinski definition) is 1. The molecule has 0 aliphatic rings. The van der Waals surface area contributed by atoms with Gasteiger partial charge in [0.1, 0.15) is 10.8 Å². The lowest BCUT2D eigenvalue weighted by Gasteiger charge is -2.27. The molecule has 1 amide bonds. The molecule has 0 saturated heterocycles. The van der Waals surface area contributed by atoms with Crippen LogP contribution in [0.4, 0.5) is 0 Å². The molecule has 1 aromatic rings. The van der Waals surface area contributed by atoms with E-state index in [0.717, 1.165) is 20.5 Å². The first-order chi connectivity index (χ1) is 9.66. The highest BCUT2D eigenvalue weighted by molar-refractivity contribution is 7.91. The molecule has 0 bridgehead atoms. The van der Waals surface area contributed by atoms with E-state index in [9.17, 15) is 18.0 Å². The maximum Gasteiger partial charge on any atom is 0.323 e. The number of nitrogens with zero attached hydrogens (tertiary/aromatic N) is 2. The Morgan fingerprint density at radius 1 is 1.33 bits per heavy atom. The van der Waals surface area contributed by atoms with Crippen LogP contribution < -0.4 is 0 Å². The molecule has 0 spiro atoms. The van der Waals surface area contributed by atoms with Crippen LogP contribution in [0.25, 0.3) is 0 Å². The maximum atomic E-state index is 12.2. The summed E-state index contributed by atoms with van der Waals surface area (Å²) in [6.45, 7) is 2.50. The first-order valence-electron chi connectivity index (χ1n) is 6.17. The number of likely N-dealkylation sites (N-methyl/N-ethyl adjacent to an activating group) is 1. The molecular weight excluding hydrogens is 316 g/mol. The van der Waals surface area contributed by atoms with Crippen LogP contribution in [0.15, 0.2) is 21.7 Å². The van der Waals surface area contributed by atoms with Gasteiger partial charge < -0.3 is 10.0 Å². The van der Waals surface area contributed by atoms with Gasteiger partial charge in [0.15, 0.2) is 0 Å². The van der Waals surface area contributed by atoms with E-state index in [0.29, 0.717) is 0 Å². The Balaban J connectivity index is 2.84. The number of hydrogen-bond acceptors (Lipinski definition) is 5. The Hall–Kier alpha value is -1.45. The number of carboxylic acids is 1. The number of thiophene rings is 1. The predicted octanol–water partition coefficient (Wildman–Crippen LogP) is 0.690. The van der Waals surface area contributed by atoms with Gasteiger partial charge >= 0.3 is 5.97 Å². The van der Waals surface area contributed by atoms with Crippen LogP contribution in [0.5, 0.6) is 0 Å². The average molecular weight is 334 g/mol. The summed E-state index contributed by atoms with van der Waals surface area (Å²) in [6, 6.07) is 2.74. The fraction of sp³-hybridized carbons (Fsp3) is 0.500. The molecule has 0 unspecified atom stereocenters. The second-order valence-electron chi connectivity index (χ2n) is 4.70. The molecule has 118 valence electrons. The molecule has 0 aliphatic heterocycles. The minimum absolute atomic E-state index is 0.145. The number of sulfonamides is 1. The predicted molar refractivity (Wildman–Crippen MR) is 78.6 cm³/mol. The fourth-order valence-corrected chi connectivity index (χ4v) is 3.96. The molecule has 7 nitrogen and oxygen atoms in total.